The van der Waals surface area contributed by atoms with Gasteiger partial charge in [-0.3, -0.25) is 4.89 Å². The Balaban J connectivity index is 1.68. The summed E-state index contributed by atoms with van der Waals surface area (Å²) in [6.07, 6.45) is 18.2. The van der Waals surface area contributed by atoms with Gasteiger partial charge < -0.3 is 0 Å². The fourth-order valence-electron chi connectivity index (χ4n) is 5.49. The molecule has 0 bridgehead atoms. The zero-order chi connectivity index (χ0) is 30.7. The van der Waals surface area contributed by atoms with Crippen molar-refractivity contribution in [1.29, 1.82) is 0 Å². The first-order chi connectivity index (χ1) is 21.1. The van der Waals surface area contributed by atoms with E-state index in [1.807, 2.05) is 36.4 Å². The van der Waals surface area contributed by atoms with Crippen LogP contribution in [0.1, 0.15) is 126 Å². The van der Waals surface area contributed by atoms with E-state index in [9.17, 15) is 4.79 Å². The molecule has 0 spiro atoms. The van der Waals surface area contributed by atoms with Crippen LogP contribution in [0, 0.1) is 11.6 Å². The number of hydrogen-bond donors (Lipinski definition) is 0. The van der Waals surface area contributed by atoms with E-state index in [1.165, 1.54) is 76.3 Å². The van der Waals surface area contributed by atoms with Gasteiger partial charge in [0, 0.05) is 11.1 Å². The second-order valence-corrected chi connectivity index (χ2v) is 11.6. The second-order valence-electron chi connectivity index (χ2n) is 11.6. The molecule has 0 aliphatic heterocycles. The van der Waals surface area contributed by atoms with Gasteiger partial charge >= 0.3 is 5.97 Å². The molecule has 0 amide bonds. The standard InChI is InChI=1S/C38H50F2O3/c1-3-5-7-9-11-12-14-17-21-30-24-25-33(35(39)29-30)36-32(31-22-18-16-19-23-31)26-27-34(37(36)40)38(41)43-42-28-20-15-13-10-8-6-4-2/h16,18-19,22-27,29H,3-15,17,20-21,28H2,1-2H3. The topological polar surface area (TPSA) is 35.5 Å². The highest BCUT2D eigenvalue weighted by atomic mass is 19.1. The normalized spacial score (nSPS) is 11.2. The Labute approximate surface area is 257 Å². The molecule has 0 unspecified atom stereocenters. The Hall–Kier alpha value is -3.05. The van der Waals surface area contributed by atoms with Crippen molar-refractivity contribution in [3.63, 3.8) is 0 Å². The maximum Gasteiger partial charge on any atom is 0.376 e. The monoisotopic (exact) mass is 592 g/mol. The van der Waals surface area contributed by atoms with E-state index in [4.69, 9.17) is 9.78 Å². The molecule has 0 saturated heterocycles. The molecule has 0 N–H and O–H groups in total. The maximum atomic E-state index is 16.1. The summed E-state index contributed by atoms with van der Waals surface area (Å²) in [5, 5.41) is 0. The fraction of sp³-hybridized carbons (Fsp3) is 0.500. The van der Waals surface area contributed by atoms with E-state index in [2.05, 4.69) is 13.8 Å². The van der Waals surface area contributed by atoms with Crippen LogP contribution in [0.25, 0.3) is 22.3 Å². The Bertz CT molecular complexity index is 1230. The maximum absolute atomic E-state index is 16.1. The minimum Gasteiger partial charge on any atom is -0.293 e. The highest BCUT2D eigenvalue weighted by molar-refractivity contribution is 5.95. The summed E-state index contributed by atoms with van der Waals surface area (Å²) < 4.78 is 31.7. The second kappa shape index (κ2) is 20.0. The lowest BCUT2D eigenvalue weighted by Crippen LogP contribution is -2.10. The van der Waals surface area contributed by atoms with Crippen LogP contribution in [0.3, 0.4) is 0 Å². The summed E-state index contributed by atoms with van der Waals surface area (Å²) in [5.74, 6) is -2.25. The van der Waals surface area contributed by atoms with Crippen LogP contribution in [0.2, 0.25) is 0 Å². The van der Waals surface area contributed by atoms with Crippen molar-refractivity contribution >= 4 is 5.97 Å². The highest BCUT2D eigenvalue weighted by Gasteiger charge is 2.24. The number of benzene rings is 3. The SMILES string of the molecule is CCCCCCCCCCc1ccc(-c2c(-c3ccccc3)ccc(C(=O)OOCCCCCCCCC)c2F)c(F)c1. The molecule has 3 aromatic carbocycles. The number of aryl methyl sites for hydroxylation is 1. The summed E-state index contributed by atoms with van der Waals surface area (Å²) in [6, 6.07) is 17.3. The zero-order valence-electron chi connectivity index (χ0n) is 26.3. The molecular formula is C38H50F2O3. The van der Waals surface area contributed by atoms with Crippen LogP contribution in [0.15, 0.2) is 60.7 Å². The summed E-state index contributed by atoms with van der Waals surface area (Å²) >= 11 is 0. The lowest BCUT2D eigenvalue weighted by atomic mass is 9.91. The van der Waals surface area contributed by atoms with Crippen molar-refractivity contribution in [2.75, 3.05) is 6.61 Å². The molecule has 0 aliphatic carbocycles. The van der Waals surface area contributed by atoms with Gasteiger partial charge in [-0.2, -0.15) is 4.89 Å². The molecule has 3 aromatic rings. The molecule has 3 rings (SSSR count). The summed E-state index contributed by atoms with van der Waals surface area (Å²) in [7, 11) is 0. The molecule has 0 radical (unpaired) electrons. The van der Waals surface area contributed by atoms with Crippen molar-refractivity contribution in [3.8, 4) is 22.3 Å². The van der Waals surface area contributed by atoms with Crippen LogP contribution < -0.4 is 0 Å². The zero-order valence-corrected chi connectivity index (χ0v) is 26.3. The van der Waals surface area contributed by atoms with E-state index in [-0.39, 0.29) is 23.3 Å². The predicted molar refractivity (Wildman–Crippen MR) is 173 cm³/mol. The molecule has 0 fully saturated rings. The van der Waals surface area contributed by atoms with Crippen LogP contribution in [-0.2, 0) is 16.2 Å². The number of carbonyl (C=O) groups is 1. The van der Waals surface area contributed by atoms with Gasteiger partial charge in [-0.15, -0.1) is 0 Å². The van der Waals surface area contributed by atoms with E-state index < -0.39 is 17.6 Å². The van der Waals surface area contributed by atoms with Crippen LogP contribution in [0.4, 0.5) is 8.78 Å². The van der Waals surface area contributed by atoms with Gasteiger partial charge in [-0.25, -0.2) is 13.6 Å². The number of carbonyl (C=O) groups excluding carboxylic acids is 1. The molecule has 0 aromatic heterocycles. The van der Waals surface area contributed by atoms with E-state index in [0.29, 0.717) is 5.56 Å². The molecule has 0 atom stereocenters. The minimum atomic E-state index is -0.923. The first kappa shape index (κ1) is 34.4. The van der Waals surface area contributed by atoms with E-state index in [0.717, 1.165) is 49.7 Å². The molecular weight excluding hydrogens is 542 g/mol. The molecule has 0 aliphatic rings. The lowest BCUT2D eigenvalue weighted by molar-refractivity contribution is -0.241. The van der Waals surface area contributed by atoms with Gasteiger partial charge in [0.25, 0.3) is 0 Å². The Morgan fingerprint density at radius 1 is 0.651 bits per heavy atom. The molecule has 43 heavy (non-hydrogen) atoms. The smallest absolute Gasteiger partial charge is 0.293 e. The van der Waals surface area contributed by atoms with Gasteiger partial charge in [0.2, 0.25) is 0 Å². The summed E-state index contributed by atoms with van der Waals surface area (Å²) in [5.41, 5.74) is 2.01. The van der Waals surface area contributed by atoms with Gasteiger partial charge in [0.1, 0.15) is 11.6 Å². The van der Waals surface area contributed by atoms with Crippen LogP contribution in [0.5, 0.6) is 0 Å². The Kier molecular flexibility index (Phi) is 16.0. The average molecular weight is 593 g/mol. The van der Waals surface area contributed by atoms with Gasteiger partial charge in [0.05, 0.1) is 12.2 Å². The molecule has 5 heteroatoms. The van der Waals surface area contributed by atoms with Gasteiger partial charge in [-0.1, -0.05) is 146 Å². The molecule has 234 valence electrons. The summed E-state index contributed by atoms with van der Waals surface area (Å²) in [6.45, 7) is 4.67. The van der Waals surface area contributed by atoms with Crippen molar-refractivity contribution in [3.05, 3.63) is 83.4 Å². The molecule has 0 heterocycles. The van der Waals surface area contributed by atoms with Gasteiger partial charge in [-0.05, 0) is 48.1 Å². The first-order valence-electron chi connectivity index (χ1n) is 16.6. The third kappa shape index (κ3) is 11.5. The predicted octanol–water partition coefficient (Wildman–Crippen LogP) is 11.8. The molecule has 3 nitrogen and oxygen atoms in total. The van der Waals surface area contributed by atoms with Crippen LogP contribution in [-0.4, -0.2) is 12.6 Å². The number of rotatable bonds is 21. The third-order valence-corrected chi connectivity index (χ3v) is 8.03. The quantitative estimate of drug-likeness (QED) is 0.0701. The van der Waals surface area contributed by atoms with Crippen molar-refractivity contribution in [1.82, 2.24) is 0 Å². The van der Waals surface area contributed by atoms with E-state index in [1.54, 1.807) is 12.1 Å². The van der Waals surface area contributed by atoms with Crippen molar-refractivity contribution in [2.24, 2.45) is 0 Å². The minimum absolute atomic E-state index is 0.0452. The Morgan fingerprint density at radius 3 is 1.86 bits per heavy atom. The number of halogens is 2. The first-order valence-corrected chi connectivity index (χ1v) is 16.6. The van der Waals surface area contributed by atoms with E-state index >= 15 is 8.78 Å². The highest BCUT2D eigenvalue weighted by Crippen LogP contribution is 2.37. The molecule has 0 saturated carbocycles. The number of hydrogen-bond acceptors (Lipinski definition) is 3. The largest absolute Gasteiger partial charge is 0.376 e. The van der Waals surface area contributed by atoms with Crippen LogP contribution >= 0.6 is 0 Å². The summed E-state index contributed by atoms with van der Waals surface area (Å²) in [4.78, 5) is 22.9. The number of unbranched alkanes of at least 4 members (excludes halogenated alkanes) is 13. The fourth-order valence-corrected chi connectivity index (χ4v) is 5.49. The third-order valence-electron chi connectivity index (χ3n) is 8.03. The van der Waals surface area contributed by atoms with Gasteiger partial charge in [0.15, 0.2) is 0 Å². The average Bonchev–Trinajstić information content (AvgIpc) is 3.02. The lowest BCUT2D eigenvalue weighted by Gasteiger charge is -2.15. The van der Waals surface area contributed by atoms with Crippen molar-refractivity contribution < 1.29 is 23.4 Å². The Morgan fingerprint density at radius 2 is 1.23 bits per heavy atom. The van der Waals surface area contributed by atoms with Crippen molar-refractivity contribution in [2.45, 2.75) is 117 Å².